The van der Waals surface area contributed by atoms with Crippen molar-refractivity contribution in [1.82, 2.24) is 8.75 Å². The molecule has 72 heavy (non-hydrogen) atoms. The maximum absolute atomic E-state index is 14.7. The number of carbonyl (C=O) groups excluding carboxylic acids is 1. The first-order valence-electron chi connectivity index (χ1n) is 27.0. The van der Waals surface area contributed by atoms with Crippen LogP contribution >= 0.6 is 11.7 Å². The molecule has 0 saturated heterocycles. The van der Waals surface area contributed by atoms with E-state index in [0.717, 1.165) is 115 Å². The van der Waals surface area contributed by atoms with Gasteiger partial charge in [0.25, 0.3) is 0 Å². The lowest BCUT2D eigenvalue weighted by molar-refractivity contribution is -0.697. The SMILES string of the molecule is C[C@H]1[C@H](C)CC[C@]2(C(=O)OCCCC[n+]3ccc(-c4ccc(-c5ccc(N(c6ccccc6)c6ccccc6)cc5)c5nsnc45)cc3)CC[C@]3(C)C(=CC[C@@H]4[C@@]5(C)CC[C@H](O)C(C)(C)[C@@H]5CC[C@]43C)[C@H]12.[Br-]. The number of aryl methyl sites for hydroxylation is 1. The first-order chi connectivity index (χ1) is 34.2. The van der Waals surface area contributed by atoms with E-state index in [4.69, 9.17) is 13.5 Å². The number of anilines is 3. The van der Waals surface area contributed by atoms with E-state index in [9.17, 15) is 9.90 Å². The number of fused-ring (bicyclic) bond motifs is 8. The second-order valence-corrected chi connectivity index (χ2v) is 24.6. The Balaban J connectivity index is 0.00000596. The van der Waals surface area contributed by atoms with E-state index in [0.29, 0.717) is 30.3 Å². The molecule has 2 aromatic heterocycles. The van der Waals surface area contributed by atoms with E-state index >= 15 is 0 Å². The monoisotopic (exact) mass is 1050 g/mol. The highest BCUT2D eigenvalue weighted by atomic mass is 79.9. The van der Waals surface area contributed by atoms with Crippen LogP contribution in [0, 0.1) is 56.7 Å². The first-order valence-corrected chi connectivity index (χ1v) is 27.7. The second kappa shape index (κ2) is 19.5. The molecule has 6 aromatic rings. The van der Waals surface area contributed by atoms with Crippen LogP contribution in [0.3, 0.4) is 0 Å². The smallest absolute Gasteiger partial charge is 0.312 e. The number of nitrogens with zero attached hydrogens (tertiary/aromatic N) is 4. The minimum Gasteiger partial charge on any atom is -1.00 e. The van der Waals surface area contributed by atoms with Crippen LogP contribution in [-0.2, 0) is 16.1 Å². The predicted octanol–water partition coefficient (Wildman–Crippen LogP) is 12.1. The molecule has 7 nitrogen and oxygen atoms in total. The number of benzene rings is 4. The molecule has 1 N–H and O–H groups in total. The van der Waals surface area contributed by atoms with Gasteiger partial charge in [0.2, 0.25) is 0 Å². The largest absolute Gasteiger partial charge is 1.00 e. The fraction of sp³-hybridized carbons (Fsp3) is 0.492. The number of aliphatic hydroxyl groups is 1. The van der Waals surface area contributed by atoms with Crippen LogP contribution in [0.1, 0.15) is 119 Å². The van der Waals surface area contributed by atoms with Crippen molar-refractivity contribution >= 4 is 45.8 Å². The van der Waals surface area contributed by atoms with Gasteiger partial charge >= 0.3 is 5.97 Å². The summed E-state index contributed by atoms with van der Waals surface area (Å²) in [6, 6.07) is 38.4. The maximum atomic E-state index is 14.7. The molecule has 5 aliphatic rings. The van der Waals surface area contributed by atoms with Gasteiger partial charge in [-0.05, 0) is 163 Å². The van der Waals surface area contributed by atoms with Gasteiger partial charge in [0.1, 0.15) is 17.6 Å². The summed E-state index contributed by atoms with van der Waals surface area (Å²) >= 11 is 1.26. The number of para-hydroxylation sites is 2. The summed E-state index contributed by atoms with van der Waals surface area (Å²) in [4.78, 5) is 17.0. The fourth-order valence-corrected chi connectivity index (χ4v) is 16.6. The molecule has 0 bridgehead atoms. The number of esters is 1. The number of allylic oxidation sites excluding steroid dienone is 2. The van der Waals surface area contributed by atoms with Crippen molar-refractivity contribution in [1.29, 1.82) is 0 Å². The van der Waals surface area contributed by atoms with Gasteiger partial charge in [-0.15, -0.1) is 0 Å². The van der Waals surface area contributed by atoms with E-state index in [1.165, 1.54) is 24.6 Å². The molecule has 4 saturated carbocycles. The Bertz CT molecular complexity index is 2880. The molecule has 0 spiro atoms. The van der Waals surface area contributed by atoms with Crippen molar-refractivity contribution in [2.75, 3.05) is 11.5 Å². The summed E-state index contributed by atoms with van der Waals surface area (Å²) in [7, 11) is 0. The number of hydrogen-bond donors (Lipinski definition) is 1. The molecular formula is C63H75BrN4O3S. The van der Waals surface area contributed by atoms with Crippen LogP contribution in [-0.4, -0.2) is 32.5 Å². The molecule has 4 fully saturated rings. The second-order valence-electron chi connectivity index (χ2n) is 24.0. The molecular weight excluding hydrogens is 973 g/mol. The highest BCUT2D eigenvalue weighted by Crippen LogP contribution is 2.76. The van der Waals surface area contributed by atoms with Crippen molar-refractivity contribution in [3.63, 3.8) is 0 Å². The van der Waals surface area contributed by atoms with Gasteiger partial charge in [-0.2, -0.15) is 8.75 Å². The van der Waals surface area contributed by atoms with Gasteiger partial charge in [-0.3, -0.25) is 4.79 Å². The lowest BCUT2D eigenvalue weighted by Gasteiger charge is -2.71. The number of aromatic nitrogens is 3. The number of carbonyl (C=O) groups is 1. The van der Waals surface area contributed by atoms with Crippen molar-refractivity contribution in [2.24, 2.45) is 56.7 Å². The number of unbranched alkanes of at least 4 members (excludes halogenated alkanes) is 1. The quantitative estimate of drug-likeness (QED) is 0.0603. The Morgan fingerprint density at radius 1 is 0.708 bits per heavy atom. The molecule has 0 unspecified atom stereocenters. The van der Waals surface area contributed by atoms with Gasteiger partial charge < -0.3 is 31.7 Å². The van der Waals surface area contributed by atoms with E-state index in [1.54, 1.807) is 5.57 Å². The van der Waals surface area contributed by atoms with E-state index < -0.39 is 5.41 Å². The zero-order valence-corrected chi connectivity index (χ0v) is 46.0. The van der Waals surface area contributed by atoms with E-state index in [2.05, 4.69) is 186 Å². The number of rotatable bonds is 11. The average Bonchev–Trinajstić information content (AvgIpc) is 3.88. The lowest BCUT2D eigenvalue weighted by Crippen LogP contribution is -3.00. The van der Waals surface area contributed by atoms with Crippen LogP contribution in [0.5, 0.6) is 0 Å². The molecule has 5 aliphatic carbocycles. The van der Waals surface area contributed by atoms with Crippen LogP contribution in [0.25, 0.3) is 33.3 Å². The third-order valence-corrected chi connectivity index (χ3v) is 21.0. The van der Waals surface area contributed by atoms with Crippen molar-refractivity contribution in [3.05, 3.63) is 133 Å². The van der Waals surface area contributed by atoms with E-state index in [1.807, 2.05) is 0 Å². The minimum atomic E-state index is -0.433. The van der Waals surface area contributed by atoms with Gasteiger partial charge in [0.15, 0.2) is 12.4 Å². The summed E-state index contributed by atoms with van der Waals surface area (Å²) in [6.07, 6.45) is 18.1. The Kier molecular flexibility index (Phi) is 13.8. The van der Waals surface area contributed by atoms with Gasteiger partial charge in [0.05, 0.1) is 29.9 Å². The zero-order chi connectivity index (χ0) is 49.3. The number of aliphatic hydroxyl groups excluding tert-OH is 1. The third-order valence-electron chi connectivity index (χ3n) is 20.5. The number of pyridine rings is 1. The Labute approximate surface area is 443 Å². The standard InChI is InChI=1S/C63H75N4O3S.BrH/c1-42-28-35-63(37-36-61(6)51(55(63)43(42)2)26-27-53-60(5)33-30-54(68)59(3,4)52(60)29-34-62(53,61)7)58(69)70-41-15-14-38-66-39-31-45(32-40-66)50-25-24-49(56-57(50)65-71-64-56)44-20-22-48(23-21-44)67(46-16-10-8-11-17-46)47-18-12-9-13-19-47;/h8-13,16-26,31-32,39-40,42-43,52-55,68H,14-15,27-30,33-38,41H2,1-7H3;1H/q+1;/p-1/t42-,43+,52+,53-,54+,55+,60+,61-,62-,63+;/m1./s1. The number of halogens is 1. The Morgan fingerprint density at radius 3 is 1.96 bits per heavy atom. The Hall–Kier alpha value is -4.70. The molecule has 378 valence electrons. The first kappa shape index (κ1) is 50.8. The van der Waals surface area contributed by atoms with Crippen molar-refractivity contribution in [2.45, 2.75) is 132 Å². The van der Waals surface area contributed by atoms with Gasteiger partial charge in [-0.1, -0.05) is 121 Å². The topological polar surface area (TPSA) is 79.4 Å². The van der Waals surface area contributed by atoms with Crippen LogP contribution in [0.2, 0.25) is 0 Å². The molecule has 2 heterocycles. The minimum absolute atomic E-state index is 0. The van der Waals surface area contributed by atoms with Gasteiger partial charge in [-0.25, -0.2) is 4.57 Å². The molecule has 0 radical (unpaired) electrons. The molecule has 11 rings (SSSR count). The molecule has 4 aromatic carbocycles. The molecule has 0 aliphatic heterocycles. The normalized spacial score (nSPS) is 31.4. The molecule has 0 amide bonds. The highest BCUT2D eigenvalue weighted by molar-refractivity contribution is 7.00. The lowest BCUT2D eigenvalue weighted by atomic mass is 9.33. The summed E-state index contributed by atoms with van der Waals surface area (Å²) in [5.41, 5.74) is 11.1. The van der Waals surface area contributed by atoms with E-state index in [-0.39, 0.29) is 56.6 Å². The van der Waals surface area contributed by atoms with Crippen molar-refractivity contribution in [3.8, 4) is 22.3 Å². The number of hydrogen-bond acceptors (Lipinski definition) is 7. The summed E-state index contributed by atoms with van der Waals surface area (Å²) < 4.78 is 18.3. The highest BCUT2D eigenvalue weighted by Gasteiger charge is 2.69. The van der Waals surface area contributed by atoms with Crippen LogP contribution in [0.4, 0.5) is 17.1 Å². The average molecular weight is 1050 g/mol. The maximum Gasteiger partial charge on any atom is 0.312 e. The van der Waals surface area contributed by atoms with Crippen LogP contribution in [0.15, 0.2) is 133 Å². The summed E-state index contributed by atoms with van der Waals surface area (Å²) in [5.74, 6) is 2.44. The third kappa shape index (κ3) is 8.21. The number of ether oxygens (including phenoxy) is 1. The fourth-order valence-electron chi connectivity index (χ4n) is 16.0. The molecule has 10 atom stereocenters. The Morgan fingerprint density at radius 2 is 1.32 bits per heavy atom. The predicted molar refractivity (Wildman–Crippen MR) is 288 cm³/mol. The van der Waals surface area contributed by atoms with Crippen LogP contribution < -0.4 is 26.4 Å². The summed E-state index contributed by atoms with van der Waals surface area (Å²) in [6.45, 7) is 18.7. The van der Waals surface area contributed by atoms with Gasteiger partial charge in [0, 0.05) is 46.7 Å². The summed E-state index contributed by atoms with van der Waals surface area (Å²) in [5, 5.41) is 11.2. The molecule has 9 heteroatoms. The zero-order valence-electron chi connectivity index (χ0n) is 43.6. The van der Waals surface area contributed by atoms with Crippen molar-refractivity contribution < 1.29 is 36.2 Å².